The number of nitrogens with one attached hydrogen (secondary N) is 2. The Hall–Kier alpha value is -3.98. The molecule has 1 aliphatic rings. The zero-order valence-corrected chi connectivity index (χ0v) is 26.3. The number of anilines is 2. The molecule has 252 valence electrons. The number of fused-ring (bicyclic) bond motifs is 1. The van der Waals surface area contributed by atoms with Crippen molar-refractivity contribution in [2.75, 3.05) is 36.9 Å². The SMILES string of the molecule is CN(CCc1ccccn1)c1nc(NCC2CCC(CNS(=O)(=O)c3cc(C(F)(F)F)cc(C(F)(F)F)c3)CC2)nc2ccccc12. The molecule has 0 bridgehead atoms. The molecule has 0 unspecified atom stereocenters. The fourth-order valence-electron chi connectivity index (χ4n) is 5.63. The Kier molecular flexibility index (Phi) is 10.2. The minimum atomic E-state index is -5.15. The number of hydrogen-bond acceptors (Lipinski definition) is 7. The summed E-state index contributed by atoms with van der Waals surface area (Å²) in [6.07, 6.45) is -5.04. The monoisotopic (exact) mass is 680 g/mol. The molecule has 0 aliphatic heterocycles. The third-order valence-corrected chi connectivity index (χ3v) is 9.73. The number of halogens is 6. The number of rotatable bonds is 11. The zero-order chi connectivity index (χ0) is 33.8. The van der Waals surface area contributed by atoms with E-state index in [0.717, 1.165) is 41.7 Å². The summed E-state index contributed by atoms with van der Waals surface area (Å²) < 4.78 is 107. The molecule has 4 aromatic rings. The lowest BCUT2D eigenvalue weighted by atomic mass is 9.82. The van der Waals surface area contributed by atoms with Gasteiger partial charge in [-0.2, -0.15) is 31.3 Å². The van der Waals surface area contributed by atoms with Crippen molar-refractivity contribution in [1.82, 2.24) is 19.7 Å². The van der Waals surface area contributed by atoms with Crippen LogP contribution in [0, 0.1) is 11.8 Å². The van der Waals surface area contributed by atoms with Crippen LogP contribution < -0.4 is 14.9 Å². The molecule has 0 radical (unpaired) electrons. The van der Waals surface area contributed by atoms with E-state index in [1.807, 2.05) is 49.5 Å². The van der Waals surface area contributed by atoms with Gasteiger partial charge in [-0.3, -0.25) is 4.98 Å². The van der Waals surface area contributed by atoms with Crippen molar-refractivity contribution < 1.29 is 34.8 Å². The number of nitrogens with zero attached hydrogens (tertiary/aromatic N) is 4. The molecule has 2 aromatic heterocycles. The Morgan fingerprint density at radius 1 is 0.830 bits per heavy atom. The summed E-state index contributed by atoms with van der Waals surface area (Å²) in [6.45, 7) is 1.18. The van der Waals surface area contributed by atoms with E-state index >= 15 is 0 Å². The average Bonchev–Trinajstić information content (AvgIpc) is 3.05. The first-order chi connectivity index (χ1) is 22.2. The second kappa shape index (κ2) is 14.0. The molecule has 2 N–H and O–H groups in total. The van der Waals surface area contributed by atoms with Crippen LogP contribution in [0.5, 0.6) is 0 Å². The van der Waals surface area contributed by atoms with Gasteiger partial charge in [0.1, 0.15) is 5.82 Å². The Morgan fingerprint density at radius 2 is 1.45 bits per heavy atom. The first kappa shape index (κ1) is 34.4. The molecule has 1 fully saturated rings. The zero-order valence-electron chi connectivity index (χ0n) is 25.4. The summed E-state index contributed by atoms with van der Waals surface area (Å²) in [6, 6.07) is 13.9. The smallest absolute Gasteiger partial charge is 0.359 e. The number of aromatic nitrogens is 3. The van der Waals surface area contributed by atoms with Crippen molar-refractivity contribution in [3.8, 4) is 0 Å². The number of likely N-dealkylation sites (N-methyl/N-ethyl adjacent to an activating group) is 1. The predicted molar refractivity (Wildman–Crippen MR) is 166 cm³/mol. The van der Waals surface area contributed by atoms with E-state index in [4.69, 9.17) is 4.98 Å². The van der Waals surface area contributed by atoms with Crippen molar-refractivity contribution in [2.45, 2.75) is 49.4 Å². The van der Waals surface area contributed by atoms with E-state index in [-0.39, 0.29) is 36.6 Å². The Bertz CT molecular complexity index is 1750. The normalized spacial score (nSPS) is 17.5. The first-order valence-corrected chi connectivity index (χ1v) is 16.6. The number of benzene rings is 2. The lowest BCUT2D eigenvalue weighted by Crippen LogP contribution is -2.32. The van der Waals surface area contributed by atoms with Crippen LogP contribution in [0.15, 0.2) is 71.8 Å². The fraction of sp³-hybridized carbons (Fsp3) is 0.406. The third kappa shape index (κ3) is 8.89. The second-order valence-corrected chi connectivity index (χ2v) is 13.5. The van der Waals surface area contributed by atoms with Crippen molar-refractivity contribution in [3.63, 3.8) is 0 Å². The standard InChI is InChI=1S/C32H34F6N6O2S/c1-44(15-13-25-6-4-5-14-39-25)29-27-7-2-3-8-28(27)42-30(43-29)40-19-21-9-11-22(12-10-21)20-41-47(45,46)26-17-23(31(33,34)35)16-24(18-26)32(36,37)38/h2-8,14,16-18,21-22,41H,9-13,15,19-20H2,1H3,(H,40,42,43). The van der Waals surface area contributed by atoms with Crippen LogP contribution in [0.2, 0.25) is 0 Å². The summed E-state index contributed by atoms with van der Waals surface area (Å²) >= 11 is 0. The first-order valence-electron chi connectivity index (χ1n) is 15.1. The van der Waals surface area contributed by atoms with Gasteiger partial charge in [-0.05, 0) is 80.0 Å². The topological polar surface area (TPSA) is 100 Å². The lowest BCUT2D eigenvalue weighted by Gasteiger charge is -2.29. The Labute approximate surface area is 268 Å². The molecule has 2 aromatic carbocycles. The van der Waals surface area contributed by atoms with Gasteiger partial charge in [-0.1, -0.05) is 18.2 Å². The highest BCUT2D eigenvalue weighted by molar-refractivity contribution is 7.89. The summed E-state index contributed by atoms with van der Waals surface area (Å²) in [5, 5.41) is 4.27. The van der Waals surface area contributed by atoms with Crippen LogP contribution in [-0.2, 0) is 28.8 Å². The van der Waals surface area contributed by atoms with Gasteiger partial charge in [0.15, 0.2) is 0 Å². The number of sulfonamides is 1. The van der Waals surface area contributed by atoms with E-state index in [0.29, 0.717) is 31.9 Å². The maximum Gasteiger partial charge on any atom is 0.416 e. The van der Waals surface area contributed by atoms with Gasteiger partial charge in [-0.15, -0.1) is 0 Å². The van der Waals surface area contributed by atoms with Crippen molar-refractivity contribution >= 4 is 32.7 Å². The highest BCUT2D eigenvalue weighted by Gasteiger charge is 2.38. The van der Waals surface area contributed by atoms with Crippen LogP contribution in [0.1, 0.15) is 42.5 Å². The maximum atomic E-state index is 13.2. The minimum Gasteiger partial charge on any atom is -0.359 e. The minimum absolute atomic E-state index is 0.0952. The van der Waals surface area contributed by atoms with Crippen molar-refractivity contribution in [2.24, 2.45) is 11.8 Å². The molecule has 0 spiro atoms. The molecule has 1 saturated carbocycles. The molecule has 5 rings (SSSR count). The fourth-order valence-corrected chi connectivity index (χ4v) is 6.82. The molecule has 0 amide bonds. The summed E-state index contributed by atoms with van der Waals surface area (Å²) in [7, 11) is -2.65. The van der Waals surface area contributed by atoms with Crippen LogP contribution >= 0.6 is 0 Å². The summed E-state index contributed by atoms with van der Waals surface area (Å²) in [4.78, 5) is 14.9. The summed E-state index contributed by atoms with van der Waals surface area (Å²) in [5.41, 5.74) is -1.59. The molecule has 15 heteroatoms. The van der Waals surface area contributed by atoms with E-state index in [2.05, 4.69) is 24.9 Å². The Balaban J connectivity index is 1.17. The number of hydrogen-bond donors (Lipinski definition) is 2. The van der Waals surface area contributed by atoms with Crippen molar-refractivity contribution in [1.29, 1.82) is 0 Å². The molecule has 1 aliphatic carbocycles. The van der Waals surface area contributed by atoms with Gasteiger partial charge in [-0.25, -0.2) is 18.1 Å². The highest BCUT2D eigenvalue weighted by Crippen LogP contribution is 2.37. The van der Waals surface area contributed by atoms with Gasteiger partial charge in [0.25, 0.3) is 0 Å². The van der Waals surface area contributed by atoms with Gasteiger partial charge in [0.2, 0.25) is 16.0 Å². The predicted octanol–water partition coefficient (Wildman–Crippen LogP) is 6.94. The van der Waals surface area contributed by atoms with Crippen molar-refractivity contribution in [3.05, 3.63) is 83.7 Å². The van der Waals surface area contributed by atoms with E-state index < -0.39 is 38.4 Å². The van der Waals surface area contributed by atoms with E-state index in [1.54, 1.807) is 6.20 Å². The highest BCUT2D eigenvalue weighted by atomic mass is 32.2. The quantitative estimate of drug-likeness (QED) is 0.166. The van der Waals surface area contributed by atoms with Crippen LogP contribution in [-0.4, -0.2) is 50.1 Å². The number of pyridine rings is 1. The molecule has 2 heterocycles. The molecular weight excluding hydrogens is 646 g/mol. The molecule has 0 saturated heterocycles. The molecular formula is C32H34F6N6O2S. The molecule has 47 heavy (non-hydrogen) atoms. The largest absolute Gasteiger partial charge is 0.416 e. The van der Waals surface area contributed by atoms with E-state index in [9.17, 15) is 34.8 Å². The van der Waals surface area contributed by atoms with Gasteiger partial charge in [0.05, 0.1) is 21.5 Å². The van der Waals surface area contributed by atoms with Gasteiger partial charge >= 0.3 is 12.4 Å². The average molecular weight is 681 g/mol. The summed E-state index contributed by atoms with van der Waals surface area (Å²) in [5.74, 6) is 1.39. The Morgan fingerprint density at radius 3 is 2.06 bits per heavy atom. The second-order valence-electron chi connectivity index (χ2n) is 11.7. The van der Waals surface area contributed by atoms with Crippen LogP contribution in [0.25, 0.3) is 10.9 Å². The maximum absolute atomic E-state index is 13.2. The lowest BCUT2D eigenvalue weighted by molar-refractivity contribution is -0.143. The van der Waals surface area contributed by atoms with Crippen LogP contribution in [0.3, 0.4) is 0 Å². The van der Waals surface area contributed by atoms with Crippen LogP contribution in [0.4, 0.5) is 38.1 Å². The molecule has 8 nitrogen and oxygen atoms in total. The third-order valence-electron chi connectivity index (χ3n) is 8.32. The molecule has 0 atom stereocenters. The van der Waals surface area contributed by atoms with E-state index in [1.165, 1.54) is 0 Å². The van der Waals surface area contributed by atoms with Gasteiger partial charge < -0.3 is 10.2 Å². The number of alkyl halides is 6. The number of para-hydroxylation sites is 1. The van der Waals surface area contributed by atoms with Gasteiger partial charge in [0, 0.05) is 50.4 Å².